The van der Waals surface area contributed by atoms with Crippen LogP contribution in [0, 0.1) is 0 Å². The van der Waals surface area contributed by atoms with E-state index >= 15 is 0 Å². The Bertz CT molecular complexity index is 1290. The minimum atomic E-state index is -3.86. The van der Waals surface area contributed by atoms with Gasteiger partial charge in [0.2, 0.25) is 10.0 Å². The predicted molar refractivity (Wildman–Crippen MR) is 128 cm³/mol. The molecule has 1 amide bonds. The number of ether oxygens (including phenoxy) is 2. The zero-order chi connectivity index (χ0) is 23.6. The SMILES string of the molecule is COc1ccc(C(=O)Nc2nc(-c3ccc(Cl)cc3Cl)cs2)cc1S(=O)(=O)N1CCOCC1. The van der Waals surface area contributed by atoms with Crippen molar-refractivity contribution in [3.63, 3.8) is 0 Å². The van der Waals surface area contributed by atoms with Gasteiger partial charge in [-0.1, -0.05) is 23.2 Å². The summed E-state index contributed by atoms with van der Waals surface area (Å²) >= 11 is 13.4. The first kappa shape index (κ1) is 23.9. The first-order chi connectivity index (χ1) is 15.8. The molecule has 0 atom stereocenters. The molecule has 3 aromatic rings. The van der Waals surface area contributed by atoms with Crippen LogP contribution in [0.2, 0.25) is 10.0 Å². The van der Waals surface area contributed by atoms with Crippen molar-refractivity contribution in [2.45, 2.75) is 4.90 Å². The molecule has 0 saturated carbocycles. The number of nitrogens with zero attached hydrogens (tertiary/aromatic N) is 2. The summed E-state index contributed by atoms with van der Waals surface area (Å²) in [5.74, 6) is -0.342. The number of carbonyl (C=O) groups is 1. The monoisotopic (exact) mass is 527 g/mol. The maximum absolute atomic E-state index is 13.1. The summed E-state index contributed by atoms with van der Waals surface area (Å²) in [6.45, 7) is 1.09. The molecule has 174 valence electrons. The van der Waals surface area contributed by atoms with Crippen LogP contribution in [0.5, 0.6) is 5.75 Å². The first-order valence-electron chi connectivity index (χ1n) is 9.78. The summed E-state index contributed by atoms with van der Waals surface area (Å²) in [5.41, 5.74) is 1.42. The largest absolute Gasteiger partial charge is 0.495 e. The highest BCUT2D eigenvalue weighted by atomic mass is 35.5. The van der Waals surface area contributed by atoms with E-state index in [-0.39, 0.29) is 29.3 Å². The van der Waals surface area contributed by atoms with E-state index in [9.17, 15) is 13.2 Å². The van der Waals surface area contributed by atoms with Gasteiger partial charge in [-0.15, -0.1) is 11.3 Å². The Morgan fingerprint density at radius 3 is 2.64 bits per heavy atom. The number of carbonyl (C=O) groups excluding carboxylic acids is 1. The molecule has 1 N–H and O–H groups in total. The molecule has 0 aliphatic carbocycles. The molecule has 2 aromatic carbocycles. The molecule has 8 nitrogen and oxygen atoms in total. The molecular weight excluding hydrogens is 509 g/mol. The van der Waals surface area contributed by atoms with E-state index in [0.29, 0.717) is 39.6 Å². The number of nitrogens with one attached hydrogen (secondary N) is 1. The second kappa shape index (κ2) is 9.96. The number of benzene rings is 2. The minimum Gasteiger partial charge on any atom is -0.495 e. The maximum atomic E-state index is 13.1. The zero-order valence-corrected chi connectivity index (χ0v) is 20.5. The van der Waals surface area contributed by atoms with E-state index in [1.54, 1.807) is 23.6 Å². The van der Waals surface area contributed by atoms with Gasteiger partial charge in [0, 0.05) is 34.6 Å². The summed E-state index contributed by atoms with van der Waals surface area (Å²) in [6.07, 6.45) is 0. The number of thiazole rings is 1. The van der Waals surface area contributed by atoms with Gasteiger partial charge in [-0.25, -0.2) is 13.4 Å². The third-order valence-electron chi connectivity index (χ3n) is 4.95. The number of morpholine rings is 1. The van der Waals surface area contributed by atoms with Gasteiger partial charge < -0.3 is 9.47 Å². The van der Waals surface area contributed by atoms with Gasteiger partial charge in [0.1, 0.15) is 10.6 Å². The lowest BCUT2D eigenvalue weighted by Gasteiger charge is -2.26. The van der Waals surface area contributed by atoms with Crippen LogP contribution in [-0.4, -0.2) is 57.0 Å². The van der Waals surface area contributed by atoms with Crippen LogP contribution < -0.4 is 10.1 Å². The van der Waals surface area contributed by atoms with E-state index in [1.807, 2.05) is 0 Å². The van der Waals surface area contributed by atoms with E-state index < -0.39 is 15.9 Å². The summed E-state index contributed by atoms with van der Waals surface area (Å²) in [7, 11) is -2.48. The number of halogens is 2. The Kier molecular flexibility index (Phi) is 7.22. The first-order valence-corrected chi connectivity index (χ1v) is 12.9. The molecule has 1 aliphatic rings. The van der Waals surface area contributed by atoms with Crippen molar-refractivity contribution in [2.75, 3.05) is 38.7 Å². The maximum Gasteiger partial charge on any atom is 0.257 e. The van der Waals surface area contributed by atoms with Crippen LogP contribution in [0.4, 0.5) is 5.13 Å². The van der Waals surface area contributed by atoms with Crippen molar-refractivity contribution in [1.29, 1.82) is 0 Å². The number of rotatable bonds is 6. The molecule has 2 heterocycles. The van der Waals surface area contributed by atoms with Crippen molar-refractivity contribution in [1.82, 2.24) is 9.29 Å². The third kappa shape index (κ3) is 5.16. The molecule has 0 bridgehead atoms. The molecule has 0 spiro atoms. The molecule has 1 saturated heterocycles. The van der Waals surface area contributed by atoms with Crippen LogP contribution in [0.1, 0.15) is 10.4 Å². The average molecular weight is 528 g/mol. The smallest absolute Gasteiger partial charge is 0.257 e. The van der Waals surface area contributed by atoms with Gasteiger partial charge in [0.05, 0.1) is 31.0 Å². The molecule has 33 heavy (non-hydrogen) atoms. The van der Waals surface area contributed by atoms with Gasteiger partial charge >= 0.3 is 0 Å². The molecule has 12 heteroatoms. The van der Waals surface area contributed by atoms with Gasteiger partial charge in [-0.2, -0.15) is 4.31 Å². The molecule has 1 aliphatic heterocycles. The Morgan fingerprint density at radius 1 is 1.18 bits per heavy atom. The van der Waals surface area contributed by atoms with E-state index in [4.69, 9.17) is 32.7 Å². The van der Waals surface area contributed by atoms with Crippen molar-refractivity contribution in [2.24, 2.45) is 0 Å². The lowest BCUT2D eigenvalue weighted by atomic mass is 10.2. The highest BCUT2D eigenvalue weighted by molar-refractivity contribution is 7.89. The third-order valence-corrected chi connectivity index (χ3v) is 8.17. The molecular formula is C21H19Cl2N3O5S2. The Labute approximate surface area is 205 Å². The van der Waals surface area contributed by atoms with Crippen molar-refractivity contribution >= 4 is 55.6 Å². The Hall–Kier alpha value is -2.21. The van der Waals surface area contributed by atoms with Crippen molar-refractivity contribution in [3.8, 4) is 17.0 Å². The summed E-state index contributed by atoms with van der Waals surface area (Å²) in [4.78, 5) is 17.2. The number of anilines is 1. The fraction of sp³-hybridized carbons (Fsp3) is 0.238. The van der Waals surface area contributed by atoms with E-state index in [1.165, 1.54) is 41.0 Å². The fourth-order valence-corrected chi connectivity index (χ4v) is 6.07. The number of hydrogen-bond donors (Lipinski definition) is 1. The second-order valence-electron chi connectivity index (χ2n) is 7.00. The summed E-state index contributed by atoms with van der Waals surface area (Å²) in [6, 6.07) is 9.33. The van der Waals surface area contributed by atoms with Gasteiger partial charge in [-0.3, -0.25) is 10.1 Å². The number of methoxy groups -OCH3 is 1. The Balaban J connectivity index is 1.58. The lowest BCUT2D eigenvalue weighted by Crippen LogP contribution is -2.40. The van der Waals surface area contributed by atoms with Crippen molar-refractivity contribution in [3.05, 3.63) is 57.4 Å². The number of hydrogen-bond acceptors (Lipinski definition) is 7. The molecule has 0 radical (unpaired) electrons. The molecule has 1 fully saturated rings. The standard InChI is InChI=1S/C21H19Cl2N3O5S2/c1-30-18-5-2-13(10-19(18)33(28,29)26-6-8-31-9-7-26)20(27)25-21-24-17(12-32-21)15-4-3-14(22)11-16(15)23/h2-5,10-12H,6-9H2,1H3,(H,24,25,27). The van der Waals surface area contributed by atoms with E-state index in [2.05, 4.69) is 10.3 Å². The van der Waals surface area contributed by atoms with Crippen LogP contribution in [0.25, 0.3) is 11.3 Å². The van der Waals surface area contributed by atoms with Crippen LogP contribution >= 0.6 is 34.5 Å². The predicted octanol–water partition coefficient (Wildman–Crippen LogP) is 4.40. The topological polar surface area (TPSA) is 97.8 Å². The number of sulfonamides is 1. The van der Waals surface area contributed by atoms with Crippen molar-refractivity contribution < 1.29 is 22.7 Å². The van der Waals surface area contributed by atoms with Crippen LogP contribution in [-0.2, 0) is 14.8 Å². The highest BCUT2D eigenvalue weighted by Gasteiger charge is 2.30. The average Bonchev–Trinajstić information content (AvgIpc) is 3.27. The molecule has 4 rings (SSSR count). The number of amides is 1. The zero-order valence-electron chi connectivity index (χ0n) is 17.4. The van der Waals surface area contributed by atoms with Crippen LogP contribution in [0.3, 0.4) is 0 Å². The lowest BCUT2D eigenvalue weighted by molar-refractivity contribution is 0.0729. The van der Waals surface area contributed by atoms with E-state index in [0.717, 1.165) is 0 Å². The van der Waals surface area contributed by atoms with Crippen LogP contribution in [0.15, 0.2) is 46.7 Å². The molecule has 0 unspecified atom stereocenters. The normalized spacial score (nSPS) is 14.8. The second-order valence-corrected chi connectivity index (χ2v) is 10.6. The minimum absolute atomic E-state index is 0.0766. The van der Waals surface area contributed by atoms with Gasteiger partial charge in [-0.05, 0) is 36.4 Å². The summed E-state index contributed by atoms with van der Waals surface area (Å²) in [5, 5.41) is 5.76. The number of aromatic nitrogens is 1. The highest BCUT2D eigenvalue weighted by Crippen LogP contribution is 2.33. The summed E-state index contributed by atoms with van der Waals surface area (Å²) < 4.78 is 38.1. The fourth-order valence-electron chi connectivity index (χ4n) is 3.27. The Morgan fingerprint density at radius 2 is 1.94 bits per heavy atom. The molecule has 1 aromatic heterocycles. The van der Waals surface area contributed by atoms with Gasteiger partial charge in [0.25, 0.3) is 5.91 Å². The van der Waals surface area contributed by atoms with Gasteiger partial charge in [0.15, 0.2) is 5.13 Å². The quantitative estimate of drug-likeness (QED) is 0.510.